The SMILES string of the molecule is CC/C=C\C/C=C\C/C=C\C/C=C\C/C=C\C/C=C\CCCCCCCCCCCCCCCCC(=O)OC(COC(=O)CCCCCCCCCCCCCCCCCCCCC)COP(=O)(O)OCC[N+](C)(C)C. The highest BCUT2D eigenvalue weighted by Gasteiger charge is 2.27. The van der Waals surface area contributed by atoms with Crippen molar-refractivity contribution in [3.8, 4) is 0 Å². The zero-order valence-electron chi connectivity index (χ0n) is 50.2. The minimum atomic E-state index is -4.39. The number of rotatable bonds is 58. The fourth-order valence-electron chi connectivity index (χ4n) is 8.90. The standard InChI is InChI=1S/C66H120NO8P/c1-6-8-10-12-14-16-18-20-22-24-26-27-28-29-30-31-32-33-34-35-36-37-38-39-41-43-45-47-49-51-53-55-57-59-66(69)75-64(63-74-76(70,71)73-61-60-67(3,4)5)62-72-65(68)58-56-54-52-50-48-46-44-42-40-25-23-21-19-17-15-13-11-9-7-2/h8,10,14,16,20,22,26-27,29-30,32-33,64H,6-7,9,11-13,15,17-19,21,23-25,28,31,34-63H2,1-5H3/p+1/b10-8-,16-14-,22-20-,27-26-,30-29-,33-32-. The molecule has 0 aliphatic carbocycles. The van der Waals surface area contributed by atoms with Gasteiger partial charge in [0.25, 0.3) is 0 Å². The first-order valence-corrected chi connectivity index (χ1v) is 33.2. The predicted molar refractivity (Wildman–Crippen MR) is 326 cm³/mol. The van der Waals surface area contributed by atoms with Crippen LogP contribution in [-0.4, -0.2) is 74.9 Å². The van der Waals surface area contributed by atoms with Crippen LogP contribution in [0.25, 0.3) is 0 Å². The van der Waals surface area contributed by atoms with Crippen molar-refractivity contribution in [1.29, 1.82) is 0 Å². The minimum absolute atomic E-state index is 0.0316. The molecule has 0 amide bonds. The van der Waals surface area contributed by atoms with E-state index in [2.05, 4.69) is 86.8 Å². The van der Waals surface area contributed by atoms with Crippen LogP contribution in [0.15, 0.2) is 72.9 Å². The van der Waals surface area contributed by atoms with E-state index < -0.39 is 26.5 Å². The van der Waals surface area contributed by atoms with Gasteiger partial charge in [-0.2, -0.15) is 0 Å². The van der Waals surface area contributed by atoms with Gasteiger partial charge < -0.3 is 18.9 Å². The molecule has 0 spiro atoms. The molecule has 0 aromatic heterocycles. The van der Waals surface area contributed by atoms with E-state index in [1.165, 1.54) is 173 Å². The average molecular weight is 1090 g/mol. The predicted octanol–water partition coefficient (Wildman–Crippen LogP) is 20.0. The lowest BCUT2D eigenvalue weighted by Crippen LogP contribution is -2.37. The zero-order valence-corrected chi connectivity index (χ0v) is 51.1. The van der Waals surface area contributed by atoms with Crippen LogP contribution in [0.5, 0.6) is 0 Å². The molecule has 0 rings (SSSR count). The van der Waals surface area contributed by atoms with E-state index in [4.69, 9.17) is 18.5 Å². The summed E-state index contributed by atoms with van der Waals surface area (Å²) < 4.78 is 34.6. The Kier molecular flexibility index (Phi) is 55.2. The number of ether oxygens (including phenoxy) is 2. The fraction of sp³-hybridized carbons (Fsp3) is 0.788. The number of quaternary nitrogens is 1. The molecular weight excluding hydrogens is 966 g/mol. The zero-order chi connectivity index (χ0) is 55.6. The molecule has 0 aromatic carbocycles. The Balaban J connectivity index is 4.07. The molecule has 0 aliphatic heterocycles. The second kappa shape index (κ2) is 57.1. The van der Waals surface area contributed by atoms with Crippen molar-refractivity contribution >= 4 is 19.8 Å². The molecule has 76 heavy (non-hydrogen) atoms. The van der Waals surface area contributed by atoms with E-state index in [1.807, 2.05) is 21.1 Å². The molecule has 2 atom stereocenters. The number of hydrogen-bond donors (Lipinski definition) is 1. The normalized spacial score (nSPS) is 13.7. The molecule has 2 unspecified atom stereocenters. The maximum absolute atomic E-state index is 12.8. The van der Waals surface area contributed by atoms with E-state index in [9.17, 15) is 19.0 Å². The largest absolute Gasteiger partial charge is 0.472 e. The van der Waals surface area contributed by atoms with Crippen LogP contribution < -0.4 is 0 Å². The second-order valence-corrected chi connectivity index (χ2v) is 23.9. The lowest BCUT2D eigenvalue weighted by atomic mass is 10.0. The molecule has 10 heteroatoms. The summed E-state index contributed by atoms with van der Waals surface area (Å²) in [6, 6.07) is 0. The second-order valence-electron chi connectivity index (χ2n) is 22.4. The molecule has 0 fully saturated rings. The summed E-state index contributed by atoms with van der Waals surface area (Å²) in [7, 11) is 1.48. The summed E-state index contributed by atoms with van der Waals surface area (Å²) in [5, 5.41) is 0. The Morgan fingerprint density at radius 3 is 1.12 bits per heavy atom. The first kappa shape index (κ1) is 73.5. The quantitative estimate of drug-likeness (QED) is 0.0211. The molecule has 0 bridgehead atoms. The number of phosphoric ester groups is 1. The molecule has 1 N–H and O–H groups in total. The van der Waals surface area contributed by atoms with Gasteiger partial charge in [-0.1, -0.05) is 279 Å². The van der Waals surface area contributed by atoms with E-state index >= 15 is 0 Å². The lowest BCUT2D eigenvalue weighted by molar-refractivity contribution is -0.870. The van der Waals surface area contributed by atoms with E-state index in [0.29, 0.717) is 23.9 Å². The average Bonchev–Trinajstić information content (AvgIpc) is 3.38. The van der Waals surface area contributed by atoms with Gasteiger partial charge in [-0.15, -0.1) is 0 Å². The van der Waals surface area contributed by atoms with E-state index in [1.54, 1.807) is 0 Å². The summed E-state index contributed by atoms with van der Waals surface area (Å²) in [4.78, 5) is 35.8. The smallest absolute Gasteiger partial charge is 0.462 e. The van der Waals surface area contributed by atoms with Crippen molar-refractivity contribution in [3.05, 3.63) is 72.9 Å². The van der Waals surface area contributed by atoms with Crippen molar-refractivity contribution in [3.63, 3.8) is 0 Å². The molecule has 442 valence electrons. The maximum Gasteiger partial charge on any atom is 0.472 e. The number of esters is 2. The van der Waals surface area contributed by atoms with Gasteiger partial charge in [0.1, 0.15) is 19.8 Å². The number of phosphoric acid groups is 1. The van der Waals surface area contributed by atoms with Crippen LogP contribution >= 0.6 is 7.82 Å². The highest BCUT2D eigenvalue weighted by Crippen LogP contribution is 2.43. The van der Waals surface area contributed by atoms with Gasteiger partial charge >= 0.3 is 19.8 Å². The summed E-state index contributed by atoms with van der Waals surface area (Å²) in [5.41, 5.74) is 0. The van der Waals surface area contributed by atoms with Crippen molar-refractivity contribution < 1.29 is 42.1 Å². The number of allylic oxidation sites excluding steroid dienone is 12. The topological polar surface area (TPSA) is 108 Å². The molecule has 9 nitrogen and oxygen atoms in total. The van der Waals surface area contributed by atoms with Crippen LogP contribution in [0.4, 0.5) is 0 Å². The molecule has 0 heterocycles. The summed E-state index contributed by atoms with van der Waals surface area (Å²) >= 11 is 0. The Morgan fingerprint density at radius 2 is 0.750 bits per heavy atom. The van der Waals surface area contributed by atoms with Gasteiger partial charge in [0.05, 0.1) is 27.7 Å². The van der Waals surface area contributed by atoms with Gasteiger partial charge in [-0.05, 0) is 64.2 Å². The van der Waals surface area contributed by atoms with Crippen molar-refractivity contribution in [1.82, 2.24) is 0 Å². The molecule has 0 radical (unpaired) electrons. The van der Waals surface area contributed by atoms with Gasteiger partial charge in [0.2, 0.25) is 0 Å². The molecule has 0 aliphatic rings. The number of nitrogens with zero attached hydrogens (tertiary/aromatic N) is 1. The van der Waals surface area contributed by atoms with Crippen LogP contribution in [0, 0.1) is 0 Å². The van der Waals surface area contributed by atoms with Crippen LogP contribution in [0.2, 0.25) is 0 Å². The maximum atomic E-state index is 12.8. The Labute approximate surface area is 469 Å². The minimum Gasteiger partial charge on any atom is -0.462 e. The van der Waals surface area contributed by atoms with Crippen molar-refractivity contribution in [2.75, 3.05) is 47.5 Å². The highest BCUT2D eigenvalue weighted by molar-refractivity contribution is 7.47. The first-order chi connectivity index (χ1) is 37.0. The molecular formula is C66H121NO8P+. The lowest BCUT2D eigenvalue weighted by Gasteiger charge is -2.24. The third-order valence-electron chi connectivity index (χ3n) is 13.8. The Bertz CT molecular complexity index is 1510. The molecule has 0 aromatic rings. The Hall–Kier alpha value is -2.55. The van der Waals surface area contributed by atoms with Crippen LogP contribution in [-0.2, 0) is 32.7 Å². The third kappa shape index (κ3) is 60.7. The number of likely N-dealkylation sites (N-methyl/N-ethyl adjacent to an activating group) is 1. The number of hydrogen-bond acceptors (Lipinski definition) is 7. The van der Waals surface area contributed by atoms with Gasteiger partial charge in [-0.3, -0.25) is 18.6 Å². The van der Waals surface area contributed by atoms with Crippen LogP contribution in [0.3, 0.4) is 0 Å². The van der Waals surface area contributed by atoms with E-state index in [0.717, 1.165) is 77.0 Å². The monoisotopic (exact) mass is 1090 g/mol. The number of carbonyl (C=O) groups is 2. The summed E-state index contributed by atoms with van der Waals surface area (Å²) in [5.74, 6) is -0.787. The Morgan fingerprint density at radius 1 is 0.421 bits per heavy atom. The first-order valence-electron chi connectivity index (χ1n) is 31.7. The summed E-state index contributed by atoms with van der Waals surface area (Å²) in [6.45, 7) is 4.36. The fourth-order valence-corrected chi connectivity index (χ4v) is 9.65. The number of carbonyl (C=O) groups excluding carboxylic acids is 2. The van der Waals surface area contributed by atoms with Crippen molar-refractivity contribution in [2.24, 2.45) is 0 Å². The summed E-state index contributed by atoms with van der Waals surface area (Å²) in [6.07, 6.45) is 75.5. The van der Waals surface area contributed by atoms with Gasteiger partial charge in [-0.25, -0.2) is 4.57 Å². The van der Waals surface area contributed by atoms with Crippen molar-refractivity contribution in [2.45, 2.75) is 290 Å². The van der Waals surface area contributed by atoms with Gasteiger partial charge in [0, 0.05) is 12.8 Å². The molecule has 0 saturated carbocycles. The van der Waals surface area contributed by atoms with Gasteiger partial charge in [0.15, 0.2) is 6.10 Å². The molecule has 0 saturated heterocycles. The number of unbranched alkanes of at least 4 members (excludes halogenated alkanes) is 32. The van der Waals surface area contributed by atoms with E-state index in [-0.39, 0.29) is 25.6 Å². The van der Waals surface area contributed by atoms with Crippen LogP contribution in [0.1, 0.15) is 284 Å². The highest BCUT2D eigenvalue weighted by atomic mass is 31.2. The third-order valence-corrected chi connectivity index (χ3v) is 14.7.